The number of nitrogens with zero attached hydrogens (tertiary/aromatic N) is 2. The van der Waals surface area contributed by atoms with E-state index in [-0.39, 0.29) is 5.78 Å². The fourth-order valence-electron chi connectivity index (χ4n) is 1.86. The summed E-state index contributed by atoms with van der Waals surface area (Å²) in [5, 5.41) is 6.45. The topological polar surface area (TPSA) is 66.9 Å². The van der Waals surface area contributed by atoms with Crippen molar-refractivity contribution in [3.8, 4) is 0 Å². The highest BCUT2D eigenvalue weighted by molar-refractivity contribution is 5.75. The van der Waals surface area contributed by atoms with Gasteiger partial charge in [0.1, 0.15) is 23.7 Å². The van der Waals surface area contributed by atoms with Gasteiger partial charge in [0.05, 0.1) is 0 Å². The Morgan fingerprint density at radius 3 is 2.67 bits per heavy atom. The summed E-state index contributed by atoms with van der Waals surface area (Å²) in [5.74, 6) is 2.60. The van der Waals surface area contributed by atoms with Crippen LogP contribution >= 0.6 is 0 Å². The minimum absolute atomic E-state index is 0.180. The van der Waals surface area contributed by atoms with Gasteiger partial charge in [-0.25, -0.2) is 9.97 Å². The number of carbonyl (C=O) groups is 1. The third-order valence-corrected chi connectivity index (χ3v) is 3.25. The fraction of sp³-hybridized carbons (Fsp3) is 0.615. The maximum absolute atomic E-state index is 10.8. The molecule has 2 rings (SSSR count). The van der Waals surface area contributed by atoms with Gasteiger partial charge in [0, 0.05) is 25.6 Å². The number of nitrogens with one attached hydrogen (secondary N) is 2. The molecule has 0 atom stereocenters. The molecule has 5 heteroatoms. The normalized spacial score (nSPS) is 14.9. The zero-order chi connectivity index (χ0) is 12.8. The van der Waals surface area contributed by atoms with Gasteiger partial charge in [-0.1, -0.05) is 6.42 Å². The molecular formula is C13H20N4O. The first-order chi connectivity index (χ1) is 8.74. The van der Waals surface area contributed by atoms with Gasteiger partial charge in [-0.2, -0.15) is 0 Å². The number of aromatic nitrogens is 2. The number of hydrogen-bond acceptors (Lipinski definition) is 5. The Labute approximate surface area is 107 Å². The van der Waals surface area contributed by atoms with Gasteiger partial charge in [-0.3, -0.25) is 4.79 Å². The molecule has 1 fully saturated rings. The molecule has 5 nitrogen and oxygen atoms in total. The predicted molar refractivity (Wildman–Crippen MR) is 71.7 cm³/mol. The van der Waals surface area contributed by atoms with Crippen molar-refractivity contribution < 1.29 is 4.79 Å². The molecule has 2 N–H and O–H groups in total. The molecule has 1 saturated carbocycles. The van der Waals surface area contributed by atoms with Crippen LogP contribution in [0.25, 0.3) is 0 Å². The van der Waals surface area contributed by atoms with E-state index in [0.29, 0.717) is 13.0 Å². The number of ketones is 1. The second-order valence-corrected chi connectivity index (χ2v) is 4.85. The largest absolute Gasteiger partial charge is 0.370 e. The van der Waals surface area contributed by atoms with Gasteiger partial charge in [-0.15, -0.1) is 0 Å². The van der Waals surface area contributed by atoms with Crippen LogP contribution in [-0.2, 0) is 4.79 Å². The molecule has 98 valence electrons. The van der Waals surface area contributed by atoms with Gasteiger partial charge in [0.2, 0.25) is 0 Å². The summed E-state index contributed by atoms with van der Waals surface area (Å²) < 4.78 is 0. The highest BCUT2D eigenvalue weighted by atomic mass is 16.1. The molecule has 0 bridgehead atoms. The Morgan fingerprint density at radius 1 is 1.33 bits per heavy atom. The van der Waals surface area contributed by atoms with Crippen molar-refractivity contribution in [1.29, 1.82) is 0 Å². The van der Waals surface area contributed by atoms with Crippen molar-refractivity contribution in [2.24, 2.45) is 5.92 Å². The summed E-state index contributed by atoms with van der Waals surface area (Å²) in [4.78, 5) is 19.1. The van der Waals surface area contributed by atoms with Crippen molar-refractivity contribution >= 4 is 17.4 Å². The lowest BCUT2D eigenvalue weighted by Crippen LogP contribution is -2.21. The Morgan fingerprint density at radius 2 is 2.06 bits per heavy atom. The van der Waals surface area contributed by atoms with Crippen molar-refractivity contribution in [1.82, 2.24) is 9.97 Å². The lowest BCUT2D eigenvalue weighted by Gasteiger charge is -2.25. The van der Waals surface area contributed by atoms with E-state index in [1.165, 1.54) is 19.3 Å². The second kappa shape index (κ2) is 6.33. The van der Waals surface area contributed by atoms with Crippen LogP contribution in [0.4, 0.5) is 11.6 Å². The summed E-state index contributed by atoms with van der Waals surface area (Å²) in [7, 11) is 0. The van der Waals surface area contributed by atoms with Gasteiger partial charge < -0.3 is 10.6 Å². The lowest BCUT2D eigenvalue weighted by molar-refractivity contribution is -0.116. The Kier molecular flexibility index (Phi) is 4.50. The highest BCUT2D eigenvalue weighted by Gasteiger charge is 2.16. The smallest absolute Gasteiger partial charge is 0.131 e. The van der Waals surface area contributed by atoms with E-state index >= 15 is 0 Å². The first-order valence-electron chi connectivity index (χ1n) is 6.53. The molecule has 0 aromatic carbocycles. The maximum atomic E-state index is 10.8. The van der Waals surface area contributed by atoms with Gasteiger partial charge >= 0.3 is 0 Å². The van der Waals surface area contributed by atoms with E-state index in [2.05, 4.69) is 20.6 Å². The zero-order valence-electron chi connectivity index (χ0n) is 10.8. The zero-order valence-corrected chi connectivity index (χ0v) is 10.8. The Hall–Kier alpha value is -1.65. The first-order valence-corrected chi connectivity index (χ1v) is 6.53. The molecule has 1 aliphatic carbocycles. The fourth-order valence-corrected chi connectivity index (χ4v) is 1.86. The molecule has 1 aromatic rings. The van der Waals surface area contributed by atoms with Crippen LogP contribution in [0, 0.1) is 5.92 Å². The molecule has 0 aliphatic heterocycles. The van der Waals surface area contributed by atoms with E-state index in [4.69, 9.17) is 0 Å². The molecule has 0 spiro atoms. The minimum atomic E-state index is 0.180. The van der Waals surface area contributed by atoms with Crippen molar-refractivity contribution in [3.05, 3.63) is 12.4 Å². The van der Waals surface area contributed by atoms with Crippen LogP contribution in [0.3, 0.4) is 0 Å². The van der Waals surface area contributed by atoms with E-state index in [1.54, 1.807) is 13.3 Å². The van der Waals surface area contributed by atoms with E-state index < -0.39 is 0 Å². The van der Waals surface area contributed by atoms with E-state index in [0.717, 1.165) is 24.1 Å². The number of hydrogen-bond donors (Lipinski definition) is 2. The van der Waals surface area contributed by atoms with Crippen molar-refractivity contribution in [3.63, 3.8) is 0 Å². The molecular weight excluding hydrogens is 228 g/mol. The number of Topliss-reactive ketones (excluding diaryl/α,β-unsaturated/α-hetero) is 1. The number of anilines is 2. The van der Waals surface area contributed by atoms with Gasteiger partial charge in [0.15, 0.2) is 0 Å². The van der Waals surface area contributed by atoms with Gasteiger partial charge in [0.25, 0.3) is 0 Å². The van der Waals surface area contributed by atoms with Crippen LogP contribution < -0.4 is 10.6 Å². The molecule has 0 amide bonds. The molecule has 1 aromatic heterocycles. The van der Waals surface area contributed by atoms with Crippen LogP contribution in [0.5, 0.6) is 0 Å². The molecule has 1 heterocycles. The summed E-state index contributed by atoms with van der Waals surface area (Å²) in [6, 6.07) is 1.89. The van der Waals surface area contributed by atoms with Crippen LogP contribution in [0.1, 0.15) is 32.6 Å². The molecule has 0 saturated heterocycles. The highest BCUT2D eigenvalue weighted by Crippen LogP contribution is 2.26. The quantitative estimate of drug-likeness (QED) is 0.773. The average molecular weight is 248 g/mol. The molecule has 18 heavy (non-hydrogen) atoms. The van der Waals surface area contributed by atoms with E-state index in [1.807, 2.05) is 6.07 Å². The SMILES string of the molecule is CC(=O)CCNc1cc(NCC2CCC2)ncn1. The van der Waals surface area contributed by atoms with Crippen molar-refractivity contribution in [2.75, 3.05) is 23.7 Å². The van der Waals surface area contributed by atoms with E-state index in [9.17, 15) is 4.79 Å². The minimum Gasteiger partial charge on any atom is -0.370 e. The second-order valence-electron chi connectivity index (χ2n) is 4.85. The third kappa shape index (κ3) is 3.98. The summed E-state index contributed by atoms with van der Waals surface area (Å²) >= 11 is 0. The number of carbonyl (C=O) groups excluding carboxylic acids is 1. The predicted octanol–water partition coefficient (Wildman–Crippen LogP) is 2.08. The summed E-state index contributed by atoms with van der Waals surface area (Å²) in [6.07, 6.45) is 6.06. The number of rotatable bonds is 7. The molecule has 0 unspecified atom stereocenters. The Balaban J connectivity index is 1.78. The maximum Gasteiger partial charge on any atom is 0.131 e. The monoisotopic (exact) mass is 248 g/mol. The van der Waals surface area contributed by atoms with Gasteiger partial charge in [-0.05, 0) is 25.7 Å². The molecule has 0 radical (unpaired) electrons. The standard InChI is InChI=1S/C13H20N4O/c1-10(18)5-6-14-12-7-13(17-9-16-12)15-8-11-3-2-4-11/h7,9,11H,2-6,8H2,1H3,(H2,14,15,16,17). The van der Waals surface area contributed by atoms with Crippen LogP contribution in [0.2, 0.25) is 0 Å². The van der Waals surface area contributed by atoms with Crippen LogP contribution in [0.15, 0.2) is 12.4 Å². The van der Waals surface area contributed by atoms with Crippen molar-refractivity contribution in [2.45, 2.75) is 32.6 Å². The lowest BCUT2D eigenvalue weighted by atomic mass is 9.85. The Bertz CT molecular complexity index is 404. The first kappa shape index (κ1) is 12.8. The summed E-state index contributed by atoms with van der Waals surface area (Å²) in [6.45, 7) is 3.20. The summed E-state index contributed by atoms with van der Waals surface area (Å²) in [5.41, 5.74) is 0. The average Bonchev–Trinajstić information content (AvgIpc) is 2.27. The third-order valence-electron chi connectivity index (χ3n) is 3.25. The molecule has 1 aliphatic rings. The van der Waals surface area contributed by atoms with Crippen LogP contribution in [-0.4, -0.2) is 28.8 Å².